The number of ether oxygens (including phenoxy) is 3. The van der Waals surface area contributed by atoms with Crippen molar-refractivity contribution in [3.63, 3.8) is 0 Å². The van der Waals surface area contributed by atoms with Crippen molar-refractivity contribution in [1.29, 1.82) is 0 Å². The van der Waals surface area contributed by atoms with Gasteiger partial charge in [0.05, 0.1) is 29.8 Å². The van der Waals surface area contributed by atoms with Gasteiger partial charge in [0.2, 0.25) is 0 Å². The van der Waals surface area contributed by atoms with E-state index in [4.69, 9.17) is 25.8 Å². The number of hydrogen-bond acceptors (Lipinski definition) is 9. The van der Waals surface area contributed by atoms with Gasteiger partial charge >= 0.3 is 0 Å². The number of anilines is 1. The van der Waals surface area contributed by atoms with Gasteiger partial charge in [-0.3, -0.25) is 4.57 Å². The molecule has 0 radical (unpaired) electrons. The van der Waals surface area contributed by atoms with Crippen molar-refractivity contribution in [2.45, 2.75) is 50.2 Å². The summed E-state index contributed by atoms with van der Waals surface area (Å²) in [6, 6.07) is 5.35. The van der Waals surface area contributed by atoms with Crippen LogP contribution in [0.15, 0.2) is 30.6 Å². The lowest BCUT2D eigenvalue weighted by atomic mass is 10.0. The molecule has 5 atom stereocenters. The van der Waals surface area contributed by atoms with Crippen LogP contribution < -0.4 is 10.1 Å². The van der Waals surface area contributed by atoms with Crippen molar-refractivity contribution in [3.8, 4) is 17.1 Å². The van der Waals surface area contributed by atoms with E-state index in [1.807, 2.05) is 20.0 Å². The summed E-state index contributed by atoms with van der Waals surface area (Å²) < 4.78 is 34.6. The molecule has 0 unspecified atom stereocenters. The maximum atomic E-state index is 15.4. The molecule has 1 aliphatic carbocycles. The third-order valence-electron chi connectivity index (χ3n) is 7.72. The number of imidazole rings is 1. The molecule has 0 saturated carbocycles. The topological polar surface area (TPSA) is 116 Å². The zero-order valence-electron chi connectivity index (χ0n) is 21.3. The van der Waals surface area contributed by atoms with Crippen LogP contribution in [0.5, 0.6) is 6.01 Å². The van der Waals surface area contributed by atoms with E-state index in [9.17, 15) is 5.11 Å². The van der Waals surface area contributed by atoms with Crippen LogP contribution in [-0.2, 0) is 22.9 Å². The molecule has 2 saturated heterocycles. The first-order chi connectivity index (χ1) is 18.9. The maximum Gasteiger partial charge on any atom is 0.299 e. The summed E-state index contributed by atoms with van der Waals surface area (Å²) in [5.74, 6) is 0.801. The van der Waals surface area contributed by atoms with Gasteiger partial charge in [-0.25, -0.2) is 19.3 Å². The standard InChI is InChI=1S/C27H26ClFN6O4/c1-12-30-8-15(9-31-12)14-5-13-3-4-18(22(13)17(29)6-14)32-25-16(28)7-19-26(33-25)34-27(35(19)2)39-21-11-38-23-20(36)10-37-24(21)23/h5-9,18,20-21,23-24,36H,3-4,10-11H2,1-2H3,(H,32,33)/t18-,20+,21+,23+,24+/m0/s1. The highest BCUT2D eigenvalue weighted by Gasteiger charge is 2.48. The summed E-state index contributed by atoms with van der Waals surface area (Å²) >= 11 is 6.62. The molecule has 3 aromatic heterocycles. The number of benzene rings is 1. The Hall–Kier alpha value is -3.38. The first-order valence-electron chi connectivity index (χ1n) is 12.8. The average Bonchev–Trinajstić information content (AvgIpc) is 3.67. The van der Waals surface area contributed by atoms with Crippen LogP contribution in [0, 0.1) is 12.7 Å². The number of aliphatic hydroxyl groups excluding tert-OH is 1. The number of hydrogen-bond donors (Lipinski definition) is 2. The molecular weight excluding hydrogens is 527 g/mol. The van der Waals surface area contributed by atoms with Gasteiger partial charge in [-0.1, -0.05) is 17.7 Å². The highest BCUT2D eigenvalue weighted by atomic mass is 35.5. The molecule has 2 aliphatic heterocycles. The molecule has 3 aliphatic rings. The van der Waals surface area contributed by atoms with Crippen LogP contribution in [0.25, 0.3) is 22.3 Å². The minimum absolute atomic E-state index is 0.219. The summed E-state index contributed by atoms with van der Waals surface area (Å²) in [7, 11) is 1.81. The molecule has 0 spiro atoms. The van der Waals surface area contributed by atoms with Crippen molar-refractivity contribution < 1.29 is 23.7 Å². The molecule has 39 heavy (non-hydrogen) atoms. The van der Waals surface area contributed by atoms with Crippen molar-refractivity contribution in [1.82, 2.24) is 24.5 Å². The molecule has 202 valence electrons. The van der Waals surface area contributed by atoms with Gasteiger partial charge < -0.3 is 24.6 Å². The van der Waals surface area contributed by atoms with Crippen molar-refractivity contribution in [2.24, 2.45) is 7.05 Å². The van der Waals surface area contributed by atoms with E-state index < -0.39 is 18.3 Å². The van der Waals surface area contributed by atoms with E-state index in [-0.39, 0.29) is 24.6 Å². The average molecular weight is 553 g/mol. The summed E-state index contributed by atoms with van der Waals surface area (Å²) in [6.45, 7) is 2.33. The quantitative estimate of drug-likeness (QED) is 0.383. The Morgan fingerprint density at radius 3 is 2.72 bits per heavy atom. The molecule has 5 heterocycles. The van der Waals surface area contributed by atoms with E-state index >= 15 is 4.39 Å². The van der Waals surface area contributed by atoms with E-state index in [0.29, 0.717) is 58.9 Å². The second kappa shape index (κ2) is 9.37. The van der Waals surface area contributed by atoms with Crippen LogP contribution in [0.4, 0.5) is 10.2 Å². The number of aliphatic hydroxyl groups is 1. The van der Waals surface area contributed by atoms with E-state index in [0.717, 1.165) is 16.7 Å². The first-order valence-corrected chi connectivity index (χ1v) is 13.2. The summed E-state index contributed by atoms with van der Waals surface area (Å²) in [5, 5.41) is 13.7. The third-order valence-corrected chi connectivity index (χ3v) is 8.00. The second-order valence-electron chi connectivity index (χ2n) is 10.2. The molecule has 0 amide bonds. The number of nitrogens with one attached hydrogen (secondary N) is 1. The third kappa shape index (κ3) is 4.20. The minimum atomic E-state index is -0.660. The van der Waals surface area contributed by atoms with Crippen LogP contribution >= 0.6 is 11.6 Å². The Labute approximate surface area is 228 Å². The summed E-state index contributed by atoms with van der Waals surface area (Å²) in [6.07, 6.45) is 3.02. The van der Waals surface area contributed by atoms with Gasteiger partial charge in [0.15, 0.2) is 11.8 Å². The number of fused-ring (bicyclic) bond motifs is 3. The van der Waals surface area contributed by atoms with Gasteiger partial charge in [0.25, 0.3) is 6.01 Å². The molecular formula is C27H26ClFN6O4. The Bertz CT molecular complexity index is 1580. The number of rotatable bonds is 5. The largest absolute Gasteiger partial charge is 0.456 e. The zero-order chi connectivity index (χ0) is 26.8. The predicted octanol–water partition coefficient (Wildman–Crippen LogP) is 3.53. The Morgan fingerprint density at radius 1 is 1.10 bits per heavy atom. The number of nitrogens with zero attached hydrogens (tertiary/aromatic N) is 5. The smallest absolute Gasteiger partial charge is 0.299 e. The molecule has 1 aromatic carbocycles. The number of aryl methyl sites for hydroxylation is 3. The molecule has 10 nitrogen and oxygen atoms in total. The normalized spacial score (nSPS) is 25.7. The number of pyridine rings is 1. The van der Waals surface area contributed by atoms with Crippen molar-refractivity contribution in [2.75, 3.05) is 18.5 Å². The first kappa shape index (κ1) is 24.6. The van der Waals surface area contributed by atoms with E-state index in [1.165, 1.54) is 6.07 Å². The van der Waals surface area contributed by atoms with Crippen LogP contribution in [0.1, 0.15) is 29.4 Å². The fourth-order valence-electron chi connectivity index (χ4n) is 5.69. The predicted molar refractivity (Wildman–Crippen MR) is 140 cm³/mol. The van der Waals surface area contributed by atoms with Gasteiger partial charge in [0, 0.05) is 30.6 Å². The minimum Gasteiger partial charge on any atom is -0.456 e. The number of halogens is 2. The van der Waals surface area contributed by atoms with Crippen molar-refractivity contribution in [3.05, 3.63) is 58.4 Å². The van der Waals surface area contributed by atoms with Crippen molar-refractivity contribution >= 4 is 28.6 Å². The van der Waals surface area contributed by atoms with Crippen LogP contribution in [-0.4, -0.2) is 67.2 Å². The van der Waals surface area contributed by atoms with Gasteiger partial charge in [-0.15, -0.1) is 0 Å². The fourth-order valence-corrected chi connectivity index (χ4v) is 5.89. The highest BCUT2D eigenvalue weighted by molar-refractivity contribution is 6.33. The summed E-state index contributed by atoms with van der Waals surface area (Å²) in [5.41, 5.74) is 4.20. The Morgan fingerprint density at radius 2 is 1.90 bits per heavy atom. The van der Waals surface area contributed by atoms with Crippen LogP contribution in [0.2, 0.25) is 5.02 Å². The zero-order valence-corrected chi connectivity index (χ0v) is 22.0. The molecule has 2 fully saturated rings. The molecule has 7 rings (SSSR count). The SMILES string of the molecule is Cc1ncc(-c2cc(F)c3c(c2)CC[C@@H]3Nc2nc3nc(O[C@@H]4CO[C@H]5[C@@H]4OC[C@H]5O)n(C)c3cc2Cl)cn1. The monoisotopic (exact) mass is 552 g/mol. The maximum absolute atomic E-state index is 15.4. The molecule has 4 aromatic rings. The fraction of sp³-hybridized carbons (Fsp3) is 0.407. The van der Waals surface area contributed by atoms with E-state index in [2.05, 4.69) is 25.3 Å². The van der Waals surface area contributed by atoms with Gasteiger partial charge in [0.1, 0.15) is 35.8 Å². The lowest BCUT2D eigenvalue weighted by molar-refractivity contribution is 0.00632. The van der Waals surface area contributed by atoms with Crippen LogP contribution in [0.3, 0.4) is 0 Å². The lowest BCUT2D eigenvalue weighted by Gasteiger charge is -2.17. The van der Waals surface area contributed by atoms with E-state index in [1.54, 1.807) is 23.0 Å². The second-order valence-corrected chi connectivity index (χ2v) is 10.6. The van der Waals surface area contributed by atoms with Gasteiger partial charge in [-0.05, 0) is 43.0 Å². The molecule has 12 heteroatoms. The number of aromatic nitrogens is 5. The molecule has 0 bridgehead atoms. The molecule has 2 N–H and O–H groups in total. The lowest BCUT2D eigenvalue weighted by Crippen LogP contribution is -2.35. The highest BCUT2D eigenvalue weighted by Crippen LogP contribution is 2.40. The Kier molecular flexibility index (Phi) is 5.92. The summed E-state index contributed by atoms with van der Waals surface area (Å²) in [4.78, 5) is 17.7. The van der Waals surface area contributed by atoms with Gasteiger partial charge in [-0.2, -0.15) is 4.98 Å². The Balaban J connectivity index is 1.14.